The van der Waals surface area contributed by atoms with Crippen molar-refractivity contribution in [2.75, 3.05) is 18.0 Å². The Hall–Kier alpha value is -3.40. The number of aromatic hydroxyl groups is 1. The lowest BCUT2D eigenvalue weighted by Gasteiger charge is -2.34. The quantitative estimate of drug-likeness (QED) is 0.543. The van der Waals surface area contributed by atoms with Crippen LogP contribution >= 0.6 is 11.6 Å². The van der Waals surface area contributed by atoms with Crippen LogP contribution in [0.2, 0.25) is 5.02 Å². The lowest BCUT2D eigenvalue weighted by atomic mass is 10.1. The van der Waals surface area contributed by atoms with Gasteiger partial charge in [-0.05, 0) is 24.5 Å². The van der Waals surface area contributed by atoms with Gasteiger partial charge in [0, 0.05) is 38.2 Å². The number of hydrogen-bond donors (Lipinski definition) is 3. The molecule has 1 aliphatic heterocycles. The molecule has 0 unspecified atom stereocenters. The Morgan fingerprint density at radius 2 is 1.91 bits per heavy atom. The smallest absolute Gasteiger partial charge is 0.404 e. The Balaban J connectivity index is 1.96. The van der Waals surface area contributed by atoms with Gasteiger partial charge in [-0.3, -0.25) is 13.9 Å². The first-order chi connectivity index (χ1) is 15.2. The molecule has 0 saturated carbocycles. The lowest BCUT2D eigenvalue weighted by molar-refractivity contribution is 0.188. The second-order valence-electron chi connectivity index (χ2n) is 7.99. The highest BCUT2D eigenvalue weighted by atomic mass is 35.5. The minimum atomic E-state index is -1.12. The minimum Gasteiger partial charge on any atom is -0.503 e. The SMILES string of the molecule is Cn1c(=O)c2c(c(O)c(N3CCC[C@@H](NC(=O)O)C3)n2Cc2ccccc2Cl)n(C)c1=O. The molecule has 1 saturated heterocycles. The molecule has 0 spiro atoms. The molecule has 11 heteroatoms. The summed E-state index contributed by atoms with van der Waals surface area (Å²) in [4.78, 5) is 38.7. The average molecular weight is 462 g/mol. The first kappa shape index (κ1) is 21.8. The fraction of sp³-hybridized carbons (Fsp3) is 0.381. The Morgan fingerprint density at radius 3 is 2.59 bits per heavy atom. The van der Waals surface area contributed by atoms with Crippen LogP contribution in [0.15, 0.2) is 33.9 Å². The molecule has 0 aliphatic carbocycles. The summed E-state index contributed by atoms with van der Waals surface area (Å²) in [6, 6.07) is 6.86. The number of nitrogens with zero attached hydrogens (tertiary/aromatic N) is 4. The largest absolute Gasteiger partial charge is 0.503 e. The van der Waals surface area contributed by atoms with Crippen molar-refractivity contribution in [3.63, 3.8) is 0 Å². The third kappa shape index (κ3) is 3.60. The highest BCUT2D eigenvalue weighted by molar-refractivity contribution is 6.31. The molecule has 3 heterocycles. The molecule has 2 aromatic heterocycles. The summed E-state index contributed by atoms with van der Waals surface area (Å²) < 4.78 is 3.91. The number of aromatic nitrogens is 3. The predicted octanol–water partition coefficient (Wildman–Crippen LogP) is 1.68. The lowest BCUT2D eigenvalue weighted by Crippen LogP contribution is -2.48. The number of nitrogens with one attached hydrogen (secondary N) is 1. The molecule has 3 aromatic rings. The third-order valence-electron chi connectivity index (χ3n) is 5.94. The summed E-state index contributed by atoms with van der Waals surface area (Å²) in [5.74, 6) is 0.162. The highest BCUT2D eigenvalue weighted by Crippen LogP contribution is 2.39. The molecular formula is C21H24ClN5O5. The van der Waals surface area contributed by atoms with Crippen molar-refractivity contribution in [3.8, 4) is 5.75 Å². The number of hydrogen-bond acceptors (Lipinski definition) is 5. The monoisotopic (exact) mass is 461 g/mol. The van der Waals surface area contributed by atoms with Crippen molar-refractivity contribution in [1.29, 1.82) is 0 Å². The Kier molecular flexibility index (Phi) is 5.64. The van der Waals surface area contributed by atoms with Crippen LogP contribution in [-0.4, -0.2) is 49.1 Å². The fourth-order valence-corrected chi connectivity index (χ4v) is 4.61. The van der Waals surface area contributed by atoms with E-state index in [1.165, 1.54) is 18.7 Å². The number of amides is 1. The van der Waals surface area contributed by atoms with E-state index >= 15 is 0 Å². The van der Waals surface area contributed by atoms with Gasteiger partial charge in [0.15, 0.2) is 11.6 Å². The molecule has 32 heavy (non-hydrogen) atoms. The van der Waals surface area contributed by atoms with Gasteiger partial charge in [0.2, 0.25) is 0 Å². The fourth-order valence-electron chi connectivity index (χ4n) is 4.41. The number of carbonyl (C=O) groups is 1. The van der Waals surface area contributed by atoms with E-state index in [0.717, 1.165) is 10.1 Å². The molecule has 0 bridgehead atoms. The van der Waals surface area contributed by atoms with Crippen molar-refractivity contribution in [2.24, 2.45) is 14.1 Å². The van der Waals surface area contributed by atoms with Gasteiger partial charge >= 0.3 is 11.8 Å². The number of piperidine rings is 1. The Bertz CT molecular complexity index is 1320. The van der Waals surface area contributed by atoms with Crippen LogP contribution in [0, 0.1) is 0 Å². The average Bonchev–Trinajstić information content (AvgIpc) is 3.04. The van der Waals surface area contributed by atoms with Crippen LogP contribution in [0.3, 0.4) is 0 Å². The van der Waals surface area contributed by atoms with Crippen LogP contribution in [-0.2, 0) is 20.6 Å². The predicted molar refractivity (Wildman–Crippen MR) is 121 cm³/mol. The van der Waals surface area contributed by atoms with Crippen LogP contribution in [0.5, 0.6) is 5.75 Å². The van der Waals surface area contributed by atoms with Gasteiger partial charge in [-0.1, -0.05) is 29.8 Å². The zero-order chi connectivity index (χ0) is 23.2. The van der Waals surface area contributed by atoms with Crippen molar-refractivity contribution in [3.05, 3.63) is 55.7 Å². The van der Waals surface area contributed by atoms with E-state index < -0.39 is 17.3 Å². The van der Waals surface area contributed by atoms with E-state index in [9.17, 15) is 19.5 Å². The summed E-state index contributed by atoms with van der Waals surface area (Å²) in [7, 11) is 2.89. The Morgan fingerprint density at radius 1 is 1.19 bits per heavy atom. The summed E-state index contributed by atoms with van der Waals surface area (Å²) in [5.41, 5.74) is -0.0403. The zero-order valence-electron chi connectivity index (χ0n) is 17.7. The normalized spacial score (nSPS) is 16.5. The number of anilines is 1. The van der Waals surface area contributed by atoms with Gasteiger partial charge in [-0.25, -0.2) is 9.59 Å². The zero-order valence-corrected chi connectivity index (χ0v) is 18.5. The summed E-state index contributed by atoms with van der Waals surface area (Å²) in [6.07, 6.45) is 0.234. The molecule has 0 radical (unpaired) electrons. The maximum atomic E-state index is 13.1. The van der Waals surface area contributed by atoms with E-state index in [4.69, 9.17) is 16.7 Å². The van der Waals surface area contributed by atoms with Gasteiger partial charge in [0.1, 0.15) is 11.0 Å². The molecule has 1 aliphatic rings. The third-order valence-corrected chi connectivity index (χ3v) is 6.31. The molecule has 10 nitrogen and oxygen atoms in total. The summed E-state index contributed by atoms with van der Waals surface area (Å²) in [6.45, 7) is 1.05. The van der Waals surface area contributed by atoms with Crippen LogP contribution in [0.4, 0.5) is 10.6 Å². The van der Waals surface area contributed by atoms with Gasteiger partial charge in [0.25, 0.3) is 5.56 Å². The topological polar surface area (TPSA) is 122 Å². The maximum Gasteiger partial charge on any atom is 0.404 e. The molecule has 1 fully saturated rings. The van der Waals surface area contributed by atoms with Crippen molar-refractivity contribution in [1.82, 2.24) is 19.0 Å². The van der Waals surface area contributed by atoms with Gasteiger partial charge in [0.05, 0.1) is 6.54 Å². The van der Waals surface area contributed by atoms with Gasteiger partial charge in [-0.15, -0.1) is 0 Å². The van der Waals surface area contributed by atoms with Crippen LogP contribution in [0.25, 0.3) is 11.0 Å². The van der Waals surface area contributed by atoms with Crippen LogP contribution in [0.1, 0.15) is 18.4 Å². The standard InChI is InChI=1S/C21H24ClN5O5/c1-24-15-16(19(29)25(2)21(24)32)27(10-12-6-3-4-8-14(12)22)18(17(15)28)26-9-5-7-13(11-26)23-20(30)31/h3-4,6,8,13,23,28H,5,7,9-11H2,1-2H3,(H,30,31)/t13-/m1/s1. The number of rotatable bonds is 4. The van der Waals surface area contributed by atoms with Gasteiger partial charge < -0.3 is 25.0 Å². The highest BCUT2D eigenvalue weighted by Gasteiger charge is 2.30. The van der Waals surface area contributed by atoms with Crippen molar-refractivity contribution in [2.45, 2.75) is 25.4 Å². The minimum absolute atomic E-state index is 0.133. The molecule has 170 valence electrons. The molecule has 1 atom stereocenters. The van der Waals surface area contributed by atoms with Crippen molar-refractivity contribution < 1.29 is 15.0 Å². The van der Waals surface area contributed by atoms with E-state index in [1.54, 1.807) is 16.7 Å². The van der Waals surface area contributed by atoms with Crippen molar-refractivity contribution >= 4 is 34.5 Å². The Labute approximate surface area is 187 Å². The second-order valence-corrected chi connectivity index (χ2v) is 8.39. The van der Waals surface area contributed by atoms with Crippen LogP contribution < -0.4 is 21.5 Å². The van der Waals surface area contributed by atoms with E-state index in [-0.39, 0.29) is 29.4 Å². The second kappa shape index (κ2) is 8.27. The summed E-state index contributed by atoms with van der Waals surface area (Å²) in [5, 5.41) is 23.3. The molecule has 1 amide bonds. The molecular weight excluding hydrogens is 438 g/mol. The summed E-state index contributed by atoms with van der Waals surface area (Å²) >= 11 is 6.38. The number of fused-ring (bicyclic) bond motifs is 1. The maximum absolute atomic E-state index is 13.1. The van der Waals surface area contributed by atoms with Gasteiger partial charge in [-0.2, -0.15) is 0 Å². The first-order valence-corrected chi connectivity index (χ1v) is 10.6. The first-order valence-electron chi connectivity index (χ1n) is 10.2. The molecule has 1 aromatic carbocycles. The van der Waals surface area contributed by atoms with E-state index in [1.807, 2.05) is 17.0 Å². The molecule has 4 rings (SSSR count). The number of aryl methyl sites for hydroxylation is 1. The van der Waals surface area contributed by atoms with E-state index in [2.05, 4.69) is 5.32 Å². The molecule has 3 N–H and O–H groups in total. The number of carboxylic acid groups (broad SMARTS) is 1. The number of benzene rings is 1. The van der Waals surface area contributed by atoms with E-state index in [0.29, 0.717) is 36.8 Å². The number of halogens is 1.